The van der Waals surface area contributed by atoms with E-state index in [0.717, 1.165) is 54.3 Å². The van der Waals surface area contributed by atoms with Crippen LogP contribution in [0.4, 0.5) is 8.78 Å². The van der Waals surface area contributed by atoms with Gasteiger partial charge in [0.15, 0.2) is 21.7 Å². The van der Waals surface area contributed by atoms with Gasteiger partial charge in [-0.1, -0.05) is 105 Å². The number of sulfone groups is 1. The normalized spacial score (nSPS) is 14.8. The van der Waals surface area contributed by atoms with Crippen molar-refractivity contribution in [2.24, 2.45) is 4.99 Å². The van der Waals surface area contributed by atoms with Crippen LogP contribution in [-0.2, 0) is 80.9 Å². The standard InChI is InChI=1S/C29H24Cl2F2N2O6S.C27H26Cl2N8O4.C26H23Cl2N5O6/c1-42(40,41)18-5-2-4-16(12-18)13-24(29(38)39)34-28(37)26-21(30)14-17-15-35(11-10-19(17)27(26)31)25(36)9-8-20-22(32)6-3-7-23(20)33;28-19-11-16-14-36(25(39)20-12-17-5-1-2-9-37(17)34-20)10-6-18(16)23(29)22(19)24(38)33-21(26(40)41)13-31-27(32-15-30)35-7-3-4-8-35;1-13(34)19-11-33(31-30-19)12-20(26(37)38)29-24(35)22-18(27)8-16-10-32(6-4-17(16)23(22)28)25(36)15-3-2-14-5-7-39-21(14)9-15/h2-9,12,14,24H,10-11,13,15H2,1H3,(H,34,37)(H,38,39);1-2,5,9,11-12,21H,3-4,6-8,10,13-14H2,(H,31,32)(H,33,38)(H,40,41);2-3,5,7-9,11,13,20,34H,4,6,10,12H2,1H3,(H,29,35)(H,37,38)/b9-8+;;/t24-;21-;13-,20-/m000/s1. The van der Waals surface area contributed by atoms with Gasteiger partial charge in [-0.2, -0.15) is 10.4 Å². The average molecular weight is 1810 g/mol. The van der Waals surface area contributed by atoms with Gasteiger partial charge in [0.1, 0.15) is 41.0 Å². The summed E-state index contributed by atoms with van der Waals surface area (Å²) in [5.41, 5.74) is 6.12. The molecular formula is C82H73Cl6F2N15O16S. The fourth-order valence-corrected chi connectivity index (χ4v) is 17.1. The number of carbonyl (C=O) groups is 9. The van der Waals surface area contributed by atoms with Gasteiger partial charge in [-0.3, -0.25) is 34.1 Å². The van der Waals surface area contributed by atoms with Crippen LogP contribution in [0.3, 0.4) is 0 Å². The minimum absolute atomic E-state index is 0.00859. The van der Waals surface area contributed by atoms with E-state index >= 15 is 0 Å². The highest BCUT2D eigenvalue weighted by molar-refractivity contribution is 7.90. The molecule has 634 valence electrons. The van der Waals surface area contributed by atoms with Gasteiger partial charge in [-0.25, -0.2) is 45.8 Å². The monoisotopic (exact) mass is 1800 g/mol. The number of amides is 6. The number of aromatic nitrogens is 5. The Hall–Kier alpha value is -12.1. The molecule has 1 fully saturated rings. The molecule has 8 N–H and O–H groups in total. The van der Waals surface area contributed by atoms with Crippen molar-refractivity contribution in [3.05, 3.63) is 254 Å². The number of nitriles is 1. The highest BCUT2D eigenvalue weighted by atomic mass is 35.5. The van der Waals surface area contributed by atoms with Crippen LogP contribution >= 0.6 is 69.6 Å². The zero-order chi connectivity index (χ0) is 87.7. The second-order valence-electron chi connectivity index (χ2n) is 28.6. The Labute approximate surface area is 723 Å². The number of rotatable bonds is 21. The first-order valence-corrected chi connectivity index (χ1v) is 41.6. The Morgan fingerprint density at radius 3 is 1.72 bits per heavy atom. The predicted molar refractivity (Wildman–Crippen MR) is 445 cm³/mol. The van der Waals surface area contributed by atoms with Gasteiger partial charge in [0.2, 0.25) is 11.9 Å². The average Bonchev–Trinajstić information content (AvgIpc) is 0.821. The fraction of sp³-hybridized carbons (Fsp3) is 0.268. The Bertz CT molecular complexity index is 6020. The first kappa shape index (κ1) is 89.2. The van der Waals surface area contributed by atoms with Crippen LogP contribution in [0.2, 0.25) is 30.1 Å². The summed E-state index contributed by atoms with van der Waals surface area (Å²) < 4.78 is 59.8. The first-order valence-electron chi connectivity index (χ1n) is 37.5. The number of likely N-dealkylation sites (tertiary alicyclic amines) is 1. The van der Waals surface area contributed by atoms with Crippen LogP contribution in [0.1, 0.15) is 128 Å². The van der Waals surface area contributed by atoms with E-state index in [0.29, 0.717) is 94.8 Å². The number of nitrogens with zero attached hydrogens (tertiary/aromatic N) is 11. The number of carboxylic acid groups (broad SMARTS) is 3. The van der Waals surface area contributed by atoms with Crippen LogP contribution in [-0.4, -0.2) is 196 Å². The molecule has 122 heavy (non-hydrogen) atoms. The van der Waals surface area contributed by atoms with E-state index in [2.05, 4.69) is 41.7 Å². The van der Waals surface area contributed by atoms with Gasteiger partial charge in [0, 0.05) is 93.8 Å². The van der Waals surface area contributed by atoms with Crippen molar-refractivity contribution in [3.63, 3.8) is 0 Å². The number of carboxylic acids is 3. The number of hydrogen-bond acceptors (Lipinski definition) is 18. The summed E-state index contributed by atoms with van der Waals surface area (Å²) in [6, 6.07) is 23.9. The number of aliphatic carboxylic acids is 3. The topological polar surface area (TPSA) is 427 Å². The van der Waals surface area contributed by atoms with Crippen LogP contribution in [0.5, 0.6) is 0 Å². The lowest BCUT2D eigenvalue weighted by molar-refractivity contribution is -0.140. The Kier molecular flexibility index (Phi) is 28.3. The zero-order valence-corrected chi connectivity index (χ0v) is 69.8. The van der Waals surface area contributed by atoms with Crippen molar-refractivity contribution in [1.29, 1.82) is 5.26 Å². The lowest BCUT2D eigenvalue weighted by atomic mass is 9.96. The van der Waals surface area contributed by atoms with Gasteiger partial charge in [0.25, 0.3) is 29.5 Å². The highest BCUT2D eigenvalue weighted by Crippen LogP contribution is 2.39. The summed E-state index contributed by atoms with van der Waals surface area (Å²) in [6.45, 7) is 3.77. The molecule has 6 aromatic carbocycles. The zero-order valence-electron chi connectivity index (χ0n) is 64.4. The van der Waals surface area contributed by atoms with Crippen molar-refractivity contribution < 1.29 is 85.2 Å². The lowest BCUT2D eigenvalue weighted by Gasteiger charge is -2.30. The third-order valence-corrected chi connectivity index (χ3v) is 23.6. The third-order valence-electron chi connectivity index (χ3n) is 20.4. The summed E-state index contributed by atoms with van der Waals surface area (Å²) in [5.74, 6) is -8.58. The number of benzene rings is 6. The van der Waals surface area contributed by atoms with E-state index in [1.54, 1.807) is 63.2 Å². The molecule has 40 heteroatoms. The van der Waals surface area contributed by atoms with Crippen LogP contribution in [0, 0.1) is 23.1 Å². The van der Waals surface area contributed by atoms with E-state index in [1.807, 2.05) is 41.4 Å². The number of nitrogens with one attached hydrogen (secondary N) is 4. The van der Waals surface area contributed by atoms with Crippen molar-refractivity contribution in [2.45, 2.75) is 101 Å². The molecule has 1 saturated heterocycles. The smallest absolute Gasteiger partial charge is 0.328 e. The predicted octanol–water partition coefficient (Wildman–Crippen LogP) is 10.7. The van der Waals surface area contributed by atoms with E-state index in [-0.39, 0.29) is 133 Å². The van der Waals surface area contributed by atoms with Crippen LogP contribution in [0.15, 0.2) is 148 Å². The quantitative estimate of drug-likeness (QED) is 0.0109. The summed E-state index contributed by atoms with van der Waals surface area (Å²) >= 11 is 39.2. The van der Waals surface area contributed by atoms with Crippen molar-refractivity contribution >= 4 is 161 Å². The summed E-state index contributed by atoms with van der Waals surface area (Å²) in [6.07, 6.45) is 11.5. The maximum absolute atomic E-state index is 13.9. The number of aliphatic hydroxyl groups is 1. The molecule has 4 aromatic heterocycles. The van der Waals surface area contributed by atoms with Gasteiger partial charge in [-0.15, -0.1) is 5.10 Å². The SMILES string of the molecule is CS(=O)(=O)c1cccc(C[C@H](NC(=O)c2c(Cl)cc3c(c2Cl)CCN(C(=O)/C=C/c2c(F)cccc2F)C3)C(=O)O)c1.C[C@H](O)c1cn(C[C@H](NC(=O)c2c(Cl)cc3c(c2Cl)CCN(C(=O)c2ccc4ccoc4c2)C3)C(=O)O)nn1.N#CNC(=NC[C@H](NC(=O)c1c(Cl)cc2c(c1Cl)CCN(C(=O)c1cc3ccccn3n1)C2)C(=O)O)N1CCCC1. The molecule has 31 nitrogen and oxygen atoms in total. The number of carbonyl (C=O) groups excluding carboxylic acids is 6. The molecule has 8 heterocycles. The minimum atomic E-state index is -3.52. The molecule has 4 aliphatic heterocycles. The van der Waals surface area contributed by atoms with E-state index in [4.69, 9.17) is 79.3 Å². The maximum atomic E-state index is 13.9. The molecule has 14 rings (SSSR count). The molecule has 0 radical (unpaired) electrons. The fourth-order valence-electron chi connectivity index (χ4n) is 14.1. The number of aliphatic imine (C=N–C) groups is 1. The number of aliphatic hydroxyl groups excluding tert-OH is 1. The number of halogens is 8. The molecule has 10 aromatic rings. The largest absolute Gasteiger partial charge is 0.480 e. The van der Waals surface area contributed by atoms with Crippen molar-refractivity contribution in [1.82, 2.24) is 65.5 Å². The summed E-state index contributed by atoms with van der Waals surface area (Å²) in [4.78, 5) is 125. The molecule has 4 aliphatic rings. The molecule has 0 spiro atoms. The molecule has 0 bridgehead atoms. The van der Waals surface area contributed by atoms with E-state index in [1.165, 1.54) is 53.0 Å². The molecule has 6 amide bonds. The number of furan rings is 1. The lowest BCUT2D eigenvalue weighted by Crippen LogP contribution is -2.45. The van der Waals surface area contributed by atoms with Crippen molar-refractivity contribution in [3.8, 4) is 6.19 Å². The third kappa shape index (κ3) is 20.7. The number of fused-ring (bicyclic) bond motifs is 5. The minimum Gasteiger partial charge on any atom is -0.480 e. The highest BCUT2D eigenvalue weighted by Gasteiger charge is 2.35. The Morgan fingerprint density at radius 1 is 0.639 bits per heavy atom. The Morgan fingerprint density at radius 2 is 1.18 bits per heavy atom. The van der Waals surface area contributed by atoms with Crippen molar-refractivity contribution in [2.75, 3.05) is 45.5 Å². The molecule has 0 aliphatic carbocycles. The number of pyridine rings is 1. The van der Waals surface area contributed by atoms with E-state index in [9.17, 15) is 80.8 Å². The van der Waals surface area contributed by atoms with Gasteiger partial charge < -0.3 is 60.4 Å². The molecule has 4 atom stereocenters. The molecule has 0 saturated carbocycles. The first-order chi connectivity index (χ1) is 58.1. The second kappa shape index (κ2) is 38.8. The number of guanidine groups is 1. The Balaban J connectivity index is 0.000000167. The van der Waals surface area contributed by atoms with Gasteiger partial charge in [-0.05, 0) is 163 Å². The summed E-state index contributed by atoms with van der Waals surface area (Å²) in [7, 11) is -3.52. The molecular weight excluding hydrogens is 1730 g/mol. The van der Waals surface area contributed by atoms with E-state index < -0.39 is 87.2 Å². The molecule has 0 unspecified atom stereocenters. The maximum Gasteiger partial charge on any atom is 0.328 e. The van der Waals surface area contributed by atoms with Crippen LogP contribution < -0.4 is 21.3 Å². The number of hydrogen-bond donors (Lipinski definition) is 8. The van der Waals surface area contributed by atoms with Crippen LogP contribution in [0.25, 0.3) is 22.6 Å². The summed E-state index contributed by atoms with van der Waals surface area (Å²) in [5, 5.41) is 70.6. The second-order valence-corrected chi connectivity index (χ2v) is 33.0. The van der Waals surface area contributed by atoms with Gasteiger partial charge >= 0.3 is 17.9 Å². The van der Waals surface area contributed by atoms with Gasteiger partial charge in [0.05, 0.1) is 88.9 Å².